The Morgan fingerprint density at radius 1 is 0.781 bits per heavy atom. The molecule has 0 rings (SSSR count). The van der Waals surface area contributed by atoms with Crippen molar-refractivity contribution in [1.29, 1.82) is 0 Å². The molecule has 0 spiro atoms. The summed E-state index contributed by atoms with van der Waals surface area (Å²) in [5, 5.41) is 22.4. The predicted molar refractivity (Wildman–Crippen MR) is 119 cm³/mol. The molecule has 2 amide bonds. The molecule has 11 nitrogen and oxygen atoms in total. The second kappa shape index (κ2) is 15.3. The Morgan fingerprint density at radius 2 is 1.12 bits per heavy atom. The van der Waals surface area contributed by atoms with Gasteiger partial charge in [0.2, 0.25) is 0 Å². The van der Waals surface area contributed by atoms with E-state index < -0.39 is 47.4 Å². The molecule has 2 atom stereocenters. The van der Waals surface area contributed by atoms with Crippen LogP contribution in [0, 0.1) is 0 Å². The van der Waals surface area contributed by atoms with Gasteiger partial charge >= 0.3 is 24.1 Å². The molecule has 0 unspecified atom stereocenters. The van der Waals surface area contributed by atoms with E-state index in [1.54, 1.807) is 41.5 Å². The van der Waals surface area contributed by atoms with Crippen molar-refractivity contribution >= 4 is 24.1 Å². The van der Waals surface area contributed by atoms with Crippen molar-refractivity contribution < 1.29 is 38.9 Å². The van der Waals surface area contributed by atoms with Crippen LogP contribution < -0.4 is 16.4 Å². The Kier molecular flexibility index (Phi) is 15.1. The number of amides is 2. The maximum absolute atomic E-state index is 11.3. The fourth-order valence-electron chi connectivity index (χ4n) is 2.14. The first kappa shape index (κ1) is 31.6. The van der Waals surface area contributed by atoms with Crippen molar-refractivity contribution in [1.82, 2.24) is 10.6 Å². The highest BCUT2D eigenvalue weighted by Crippen LogP contribution is 2.09. The van der Waals surface area contributed by atoms with Crippen LogP contribution in [-0.2, 0) is 19.1 Å². The Labute approximate surface area is 190 Å². The maximum Gasteiger partial charge on any atom is 0.408 e. The van der Waals surface area contributed by atoms with Crippen LogP contribution in [0.5, 0.6) is 0 Å². The largest absolute Gasteiger partial charge is 0.480 e. The summed E-state index contributed by atoms with van der Waals surface area (Å²) in [6.07, 6.45) is 1.49. The molecule has 11 heteroatoms. The highest BCUT2D eigenvalue weighted by molar-refractivity contribution is 5.80. The Hall–Kier alpha value is -2.56. The molecule has 0 aliphatic rings. The molecular weight excluding hydrogens is 422 g/mol. The third-order valence-corrected chi connectivity index (χ3v) is 3.52. The molecule has 0 fully saturated rings. The molecule has 188 valence electrons. The maximum atomic E-state index is 11.3. The van der Waals surface area contributed by atoms with E-state index in [0.717, 1.165) is 12.8 Å². The van der Waals surface area contributed by atoms with E-state index in [0.29, 0.717) is 25.8 Å². The van der Waals surface area contributed by atoms with Gasteiger partial charge in [0.1, 0.15) is 23.3 Å². The molecule has 0 aliphatic carbocycles. The fraction of sp³-hybridized carbons (Fsp3) is 0.810. The number of hydrogen-bond donors (Lipinski definition) is 5. The van der Waals surface area contributed by atoms with E-state index >= 15 is 0 Å². The van der Waals surface area contributed by atoms with Crippen LogP contribution in [0.3, 0.4) is 0 Å². The SMILES string of the molecule is CC(C)(C)OC(=O)N[C@H](CCCN)C(=O)O.CCCC[C@@H](NC(=O)OC(C)(C)C)C(=O)O. The van der Waals surface area contributed by atoms with Crippen molar-refractivity contribution in [2.24, 2.45) is 5.73 Å². The molecule has 0 saturated heterocycles. The summed E-state index contributed by atoms with van der Waals surface area (Å²) in [6, 6.07) is -1.81. The molecule has 0 saturated carbocycles. The third kappa shape index (κ3) is 19.4. The van der Waals surface area contributed by atoms with E-state index in [2.05, 4.69) is 10.6 Å². The van der Waals surface area contributed by atoms with Crippen molar-refractivity contribution in [3.8, 4) is 0 Å². The lowest BCUT2D eigenvalue weighted by molar-refractivity contribution is -0.140. The predicted octanol–water partition coefficient (Wildman–Crippen LogP) is 2.86. The second-order valence-corrected chi connectivity index (χ2v) is 9.15. The van der Waals surface area contributed by atoms with Gasteiger partial charge in [-0.1, -0.05) is 19.8 Å². The van der Waals surface area contributed by atoms with Crippen LogP contribution in [0.25, 0.3) is 0 Å². The zero-order valence-electron chi connectivity index (χ0n) is 20.3. The topological polar surface area (TPSA) is 177 Å². The van der Waals surface area contributed by atoms with Gasteiger partial charge in [-0.2, -0.15) is 0 Å². The highest BCUT2D eigenvalue weighted by Gasteiger charge is 2.24. The summed E-state index contributed by atoms with van der Waals surface area (Å²) >= 11 is 0. The van der Waals surface area contributed by atoms with Gasteiger partial charge in [0.25, 0.3) is 0 Å². The lowest BCUT2D eigenvalue weighted by Crippen LogP contribution is -2.43. The number of carboxylic acid groups (broad SMARTS) is 2. The van der Waals surface area contributed by atoms with Crippen LogP contribution in [0.2, 0.25) is 0 Å². The molecule has 0 bridgehead atoms. The third-order valence-electron chi connectivity index (χ3n) is 3.52. The smallest absolute Gasteiger partial charge is 0.408 e. The average molecular weight is 464 g/mol. The van der Waals surface area contributed by atoms with E-state index in [1.807, 2.05) is 6.92 Å². The van der Waals surface area contributed by atoms with E-state index in [4.69, 9.17) is 25.4 Å². The minimum Gasteiger partial charge on any atom is -0.480 e. The van der Waals surface area contributed by atoms with Gasteiger partial charge < -0.3 is 36.1 Å². The Balaban J connectivity index is 0. The number of nitrogens with one attached hydrogen (secondary N) is 2. The first-order valence-corrected chi connectivity index (χ1v) is 10.7. The lowest BCUT2D eigenvalue weighted by Gasteiger charge is -2.21. The number of nitrogens with two attached hydrogens (primary N) is 1. The molecule has 0 aromatic rings. The summed E-state index contributed by atoms with van der Waals surface area (Å²) in [7, 11) is 0. The second-order valence-electron chi connectivity index (χ2n) is 9.15. The number of rotatable bonds is 10. The van der Waals surface area contributed by atoms with Gasteiger partial charge in [-0.15, -0.1) is 0 Å². The Bertz CT molecular complexity index is 545. The zero-order valence-corrected chi connectivity index (χ0v) is 20.3. The number of aliphatic carboxylic acids is 2. The molecule has 0 aromatic heterocycles. The molecule has 32 heavy (non-hydrogen) atoms. The van der Waals surface area contributed by atoms with Crippen molar-refractivity contribution in [3.05, 3.63) is 0 Å². The Morgan fingerprint density at radius 3 is 1.38 bits per heavy atom. The number of unbranched alkanes of at least 4 members (excludes halogenated alkanes) is 1. The first-order chi connectivity index (χ1) is 14.5. The summed E-state index contributed by atoms with van der Waals surface area (Å²) in [5.74, 6) is -2.11. The number of carbonyl (C=O) groups excluding carboxylic acids is 2. The van der Waals surface area contributed by atoms with Gasteiger partial charge in [-0.3, -0.25) is 0 Å². The number of carboxylic acids is 2. The number of alkyl carbamates (subject to hydrolysis) is 2. The number of ether oxygens (including phenoxy) is 2. The van der Waals surface area contributed by atoms with Crippen molar-refractivity contribution in [2.75, 3.05) is 6.54 Å². The number of hydrogen-bond acceptors (Lipinski definition) is 7. The van der Waals surface area contributed by atoms with E-state index in [9.17, 15) is 19.2 Å². The first-order valence-electron chi connectivity index (χ1n) is 10.7. The normalized spacial score (nSPS) is 13.0. The molecule has 0 heterocycles. The monoisotopic (exact) mass is 463 g/mol. The quantitative estimate of drug-likeness (QED) is 0.326. The zero-order chi connectivity index (χ0) is 25.5. The standard InChI is InChI=1S/C11H21NO4.C10H20N2O4/c1-5-6-7-8(9(13)14)12-10(15)16-11(2,3)4;1-10(2,3)16-9(15)12-7(8(13)14)5-4-6-11/h8H,5-7H2,1-4H3,(H,12,15)(H,13,14);7H,4-6,11H2,1-3H3,(H,12,15)(H,13,14)/t8-;7-/m11/s1. The molecule has 0 aliphatic heterocycles. The molecule has 0 radical (unpaired) electrons. The van der Waals surface area contributed by atoms with Crippen LogP contribution >= 0.6 is 0 Å². The minimum absolute atomic E-state index is 0.297. The van der Waals surface area contributed by atoms with Crippen LogP contribution in [0.4, 0.5) is 9.59 Å². The van der Waals surface area contributed by atoms with Crippen LogP contribution in [0.1, 0.15) is 80.6 Å². The molecule has 0 aromatic carbocycles. The lowest BCUT2D eigenvalue weighted by atomic mass is 10.1. The highest BCUT2D eigenvalue weighted by atomic mass is 16.6. The summed E-state index contributed by atoms with van der Waals surface area (Å²) in [6.45, 7) is 12.7. The minimum atomic E-state index is -1.08. The summed E-state index contributed by atoms with van der Waals surface area (Å²) in [5.41, 5.74) is 4.02. The van der Waals surface area contributed by atoms with Crippen LogP contribution in [0.15, 0.2) is 0 Å². The van der Waals surface area contributed by atoms with Crippen molar-refractivity contribution in [3.63, 3.8) is 0 Å². The average Bonchev–Trinajstić information content (AvgIpc) is 2.59. The summed E-state index contributed by atoms with van der Waals surface area (Å²) in [4.78, 5) is 44.3. The van der Waals surface area contributed by atoms with Gasteiger partial charge in [0, 0.05) is 0 Å². The number of carbonyl (C=O) groups is 4. The van der Waals surface area contributed by atoms with Gasteiger partial charge in [-0.05, 0) is 67.3 Å². The fourth-order valence-corrected chi connectivity index (χ4v) is 2.14. The summed E-state index contributed by atoms with van der Waals surface area (Å²) < 4.78 is 9.94. The van der Waals surface area contributed by atoms with Crippen LogP contribution in [-0.4, -0.2) is 64.2 Å². The van der Waals surface area contributed by atoms with Gasteiger partial charge in [-0.25, -0.2) is 19.2 Å². The molecular formula is C21H41N3O8. The molecule has 6 N–H and O–H groups in total. The van der Waals surface area contributed by atoms with Crippen molar-refractivity contribution in [2.45, 2.75) is 104 Å². The van der Waals surface area contributed by atoms with Gasteiger partial charge in [0.15, 0.2) is 0 Å². The van der Waals surface area contributed by atoms with E-state index in [-0.39, 0.29) is 0 Å². The van der Waals surface area contributed by atoms with Gasteiger partial charge in [0.05, 0.1) is 0 Å². The van der Waals surface area contributed by atoms with E-state index in [1.165, 1.54) is 0 Å².